The minimum absolute atomic E-state index is 0.101. The number of nitrogens with zero attached hydrogens (tertiary/aromatic N) is 3. The number of anilines is 1. The smallest absolute Gasteiger partial charge is 0.227 e. The Balaban J connectivity index is 1.37. The lowest BCUT2D eigenvalue weighted by atomic mass is 10.0. The van der Waals surface area contributed by atoms with Gasteiger partial charge in [0.1, 0.15) is 0 Å². The van der Waals surface area contributed by atoms with Crippen molar-refractivity contribution in [1.82, 2.24) is 14.7 Å². The van der Waals surface area contributed by atoms with Gasteiger partial charge >= 0.3 is 0 Å². The van der Waals surface area contributed by atoms with E-state index >= 15 is 0 Å². The van der Waals surface area contributed by atoms with E-state index < -0.39 is 0 Å². The van der Waals surface area contributed by atoms with E-state index in [-0.39, 0.29) is 23.8 Å². The second-order valence-electron chi connectivity index (χ2n) is 8.26. The Morgan fingerprint density at radius 3 is 2.60 bits per heavy atom. The third-order valence-corrected chi connectivity index (χ3v) is 6.08. The van der Waals surface area contributed by atoms with E-state index in [1.54, 1.807) is 6.20 Å². The normalized spacial score (nSPS) is 33.8. The average Bonchev–Trinajstić information content (AvgIpc) is 3.46. The van der Waals surface area contributed by atoms with Crippen molar-refractivity contribution in [3.05, 3.63) is 12.4 Å². The van der Waals surface area contributed by atoms with Gasteiger partial charge in [0.2, 0.25) is 11.8 Å². The zero-order valence-electron chi connectivity index (χ0n) is 15.1. The molecule has 0 aromatic carbocycles. The molecule has 1 aromatic heterocycles. The molecule has 6 heteroatoms. The first-order valence-electron chi connectivity index (χ1n) is 9.66. The van der Waals surface area contributed by atoms with E-state index in [0.717, 1.165) is 37.9 Å². The fraction of sp³-hybridized carbons (Fsp3) is 0.737. The summed E-state index contributed by atoms with van der Waals surface area (Å²) in [6.45, 7) is 5.84. The molecule has 25 heavy (non-hydrogen) atoms. The highest BCUT2D eigenvalue weighted by Gasteiger charge is 2.43. The number of piperidine rings is 1. The summed E-state index contributed by atoms with van der Waals surface area (Å²) in [6.07, 6.45) is 8.93. The van der Waals surface area contributed by atoms with Crippen LogP contribution in [0.5, 0.6) is 0 Å². The maximum atomic E-state index is 12.7. The van der Waals surface area contributed by atoms with Crippen LogP contribution in [0.15, 0.2) is 12.4 Å². The lowest BCUT2D eigenvalue weighted by Crippen LogP contribution is -2.46. The summed E-state index contributed by atoms with van der Waals surface area (Å²) >= 11 is 0. The van der Waals surface area contributed by atoms with Gasteiger partial charge in [-0.2, -0.15) is 5.10 Å². The molecule has 1 aromatic rings. The molecule has 6 nitrogen and oxygen atoms in total. The zero-order chi connectivity index (χ0) is 17.6. The van der Waals surface area contributed by atoms with Gasteiger partial charge in [0.15, 0.2) is 0 Å². The first-order chi connectivity index (χ1) is 12.0. The summed E-state index contributed by atoms with van der Waals surface area (Å²) in [5.74, 6) is 1.89. The van der Waals surface area contributed by atoms with Crippen molar-refractivity contribution in [2.75, 3.05) is 11.9 Å². The maximum Gasteiger partial charge on any atom is 0.227 e. The van der Waals surface area contributed by atoms with E-state index in [4.69, 9.17) is 0 Å². The highest BCUT2D eigenvalue weighted by atomic mass is 16.2. The lowest BCUT2D eigenvalue weighted by molar-refractivity contribution is -0.137. The van der Waals surface area contributed by atoms with Gasteiger partial charge in [0, 0.05) is 24.6 Å². The molecule has 0 radical (unpaired) electrons. The number of hydrogen-bond acceptors (Lipinski definition) is 3. The average molecular weight is 344 g/mol. The van der Waals surface area contributed by atoms with Gasteiger partial charge in [-0.05, 0) is 43.9 Å². The first kappa shape index (κ1) is 16.6. The molecular formula is C19H28N4O2. The van der Waals surface area contributed by atoms with Crippen LogP contribution in [0.25, 0.3) is 0 Å². The SMILES string of the molecule is CC1CC1C(=O)Nc1cnn(CC2CCCCN2C(=O)C2CC2C)c1. The summed E-state index contributed by atoms with van der Waals surface area (Å²) in [6, 6.07) is 0.223. The summed E-state index contributed by atoms with van der Waals surface area (Å²) in [5.41, 5.74) is 0.758. The molecule has 1 saturated heterocycles. The number of likely N-dealkylation sites (tertiary alicyclic amines) is 1. The minimum Gasteiger partial charge on any atom is -0.338 e. The van der Waals surface area contributed by atoms with Crippen LogP contribution in [-0.4, -0.2) is 39.1 Å². The predicted octanol–water partition coefficient (Wildman–Crippen LogP) is 2.51. The maximum absolute atomic E-state index is 12.7. The molecule has 4 rings (SSSR count). The summed E-state index contributed by atoms with van der Waals surface area (Å²) < 4.78 is 1.87. The van der Waals surface area contributed by atoms with Crippen molar-refractivity contribution in [3.8, 4) is 0 Å². The standard InChI is InChI=1S/C19H28N4O2/c1-12-7-16(12)18(24)21-14-9-20-22(10-14)11-15-5-3-4-6-23(15)19(25)17-8-13(17)2/h9-10,12-13,15-17H,3-8,11H2,1-2H3,(H,21,24). The summed E-state index contributed by atoms with van der Waals surface area (Å²) in [5, 5.41) is 7.35. The number of aromatic nitrogens is 2. The van der Waals surface area contributed by atoms with E-state index in [0.29, 0.717) is 24.3 Å². The molecule has 3 aliphatic rings. The van der Waals surface area contributed by atoms with Crippen molar-refractivity contribution in [3.63, 3.8) is 0 Å². The number of amides is 2. The van der Waals surface area contributed by atoms with Crippen LogP contribution >= 0.6 is 0 Å². The highest BCUT2D eigenvalue weighted by molar-refractivity contribution is 5.94. The fourth-order valence-corrected chi connectivity index (χ4v) is 4.03. The predicted molar refractivity (Wildman–Crippen MR) is 94.8 cm³/mol. The molecule has 1 N–H and O–H groups in total. The molecule has 1 aliphatic heterocycles. The molecule has 2 heterocycles. The zero-order valence-corrected chi connectivity index (χ0v) is 15.1. The van der Waals surface area contributed by atoms with Crippen LogP contribution in [0.4, 0.5) is 5.69 Å². The van der Waals surface area contributed by atoms with Crippen LogP contribution < -0.4 is 5.32 Å². The monoisotopic (exact) mass is 344 g/mol. The first-order valence-corrected chi connectivity index (χ1v) is 9.66. The molecule has 5 unspecified atom stereocenters. The van der Waals surface area contributed by atoms with Crippen LogP contribution in [0.2, 0.25) is 0 Å². The van der Waals surface area contributed by atoms with Crippen molar-refractivity contribution < 1.29 is 9.59 Å². The van der Waals surface area contributed by atoms with Crippen molar-refractivity contribution in [2.45, 2.75) is 58.5 Å². The Morgan fingerprint density at radius 1 is 1.20 bits per heavy atom. The molecule has 136 valence electrons. The van der Waals surface area contributed by atoms with Gasteiger partial charge in [-0.1, -0.05) is 13.8 Å². The number of hydrogen-bond donors (Lipinski definition) is 1. The Labute approximate surface area is 148 Å². The number of carbonyl (C=O) groups excluding carboxylic acids is 2. The largest absolute Gasteiger partial charge is 0.338 e. The second kappa shape index (κ2) is 6.46. The van der Waals surface area contributed by atoms with E-state index in [2.05, 4.69) is 29.2 Å². The molecule has 2 saturated carbocycles. The van der Waals surface area contributed by atoms with Gasteiger partial charge < -0.3 is 10.2 Å². The Hall–Kier alpha value is -1.85. The molecule has 5 atom stereocenters. The Kier molecular flexibility index (Phi) is 4.29. The molecule has 3 fully saturated rings. The Morgan fingerprint density at radius 2 is 1.92 bits per heavy atom. The van der Waals surface area contributed by atoms with Crippen LogP contribution in [-0.2, 0) is 16.1 Å². The van der Waals surface area contributed by atoms with Crippen molar-refractivity contribution in [2.24, 2.45) is 23.7 Å². The summed E-state index contributed by atoms with van der Waals surface area (Å²) in [7, 11) is 0. The van der Waals surface area contributed by atoms with Crippen LogP contribution in [0.1, 0.15) is 46.0 Å². The summed E-state index contributed by atoms with van der Waals surface area (Å²) in [4.78, 5) is 26.8. The van der Waals surface area contributed by atoms with Crippen LogP contribution in [0.3, 0.4) is 0 Å². The quantitative estimate of drug-likeness (QED) is 0.892. The van der Waals surface area contributed by atoms with E-state index in [1.807, 2.05) is 10.9 Å². The molecule has 0 bridgehead atoms. The number of nitrogens with one attached hydrogen (secondary N) is 1. The molecule has 2 aliphatic carbocycles. The number of rotatable bonds is 5. The van der Waals surface area contributed by atoms with Crippen molar-refractivity contribution >= 4 is 17.5 Å². The van der Waals surface area contributed by atoms with Gasteiger partial charge in [0.05, 0.1) is 24.5 Å². The van der Waals surface area contributed by atoms with Crippen LogP contribution in [0, 0.1) is 23.7 Å². The molecule has 2 amide bonds. The topological polar surface area (TPSA) is 67.2 Å². The lowest BCUT2D eigenvalue weighted by Gasteiger charge is -2.36. The van der Waals surface area contributed by atoms with E-state index in [1.165, 1.54) is 6.42 Å². The third-order valence-electron chi connectivity index (χ3n) is 6.08. The van der Waals surface area contributed by atoms with E-state index in [9.17, 15) is 9.59 Å². The van der Waals surface area contributed by atoms with Gasteiger partial charge in [-0.25, -0.2) is 0 Å². The van der Waals surface area contributed by atoms with Gasteiger partial charge in [-0.15, -0.1) is 0 Å². The fourth-order valence-electron chi connectivity index (χ4n) is 4.03. The number of carbonyl (C=O) groups is 2. The second-order valence-corrected chi connectivity index (χ2v) is 8.26. The van der Waals surface area contributed by atoms with Gasteiger partial charge in [0.25, 0.3) is 0 Å². The minimum atomic E-state index is 0.101. The highest BCUT2D eigenvalue weighted by Crippen LogP contribution is 2.40. The third kappa shape index (κ3) is 3.58. The molecular weight excluding hydrogens is 316 g/mol. The van der Waals surface area contributed by atoms with Crippen molar-refractivity contribution in [1.29, 1.82) is 0 Å². The Bertz CT molecular complexity index is 670. The van der Waals surface area contributed by atoms with Gasteiger partial charge in [-0.3, -0.25) is 14.3 Å². The molecule has 0 spiro atoms.